The molecule has 1 aromatic carbocycles. The maximum absolute atomic E-state index is 11.2. The number of carbonyl (C=O) groups excluding carboxylic acids is 1. The van der Waals surface area contributed by atoms with Crippen LogP contribution in [0, 0.1) is 5.92 Å². The van der Waals surface area contributed by atoms with E-state index in [0.29, 0.717) is 16.0 Å². The molecule has 3 aromatic rings. The highest BCUT2D eigenvalue weighted by atomic mass is 35.5. The van der Waals surface area contributed by atoms with Gasteiger partial charge in [-0.1, -0.05) is 22.9 Å². The lowest BCUT2D eigenvalue weighted by molar-refractivity contribution is -0.119. The van der Waals surface area contributed by atoms with E-state index >= 15 is 0 Å². The van der Waals surface area contributed by atoms with Gasteiger partial charge in [-0.15, -0.1) is 0 Å². The van der Waals surface area contributed by atoms with Crippen molar-refractivity contribution in [3.05, 3.63) is 41.2 Å². The first-order valence-electron chi connectivity index (χ1n) is 9.48. The Bertz CT molecular complexity index is 1010. The molecule has 1 aliphatic rings. The Hall–Kier alpha value is -2.58. The maximum Gasteiger partial charge on any atom is 0.279 e. The van der Waals surface area contributed by atoms with Crippen molar-refractivity contribution in [2.24, 2.45) is 5.92 Å². The van der Waals surface area contributed by atoms with Crippen molar-refractivity contribution in [3.63, 3.8) is 0 Å². The molecule has 1 amide bonds. The van der Waals surface area contributed by atoms with Gasteiger partial charge in [0.1, 0.15) is 11.4 Å². The molecule has 0 spiro atoms. The van der Waals surface area contributed by atoms with E-state index < -0.39 is 0 Å². The first kappa shape index (κ1) is 19.7. The first-order chi connectivity index (χ1) is 14.0. The highest BCUT2D eigenvalue weighted by Gasteiger charge is 2.21. The Morgan fingerprint density at radius 2 is 2.24 bits per heavy atom. The minimum Gasteiger partial charge on any atom is -0.431 e. The average molecular weight is 432 g/mol. The zero-order valence-corrected chi connectivity index (χ0v) is 17.7. The van der Waals surface area contributed by atoms with Crippen LogP contribution >= 0.6 is 22.9 Å². The number of anilines is 1. The number of rotatable bonds is 8. The third-order valence-corrected chi connectivity index (χ3v) is 5.86. The van der Waals surface area contributed by atoms with E-state index in [1.54, 1.807) is 12.3 Å². The molecule has 1 unspecified atom stereocenters. The number of hydrogen-bond donors (Lipinski definition) is 3. The summed E-state index contributed by atoms with van der Waals surface area (Å²) in [6, 6.07) is 7.35. The van der Waals surface area contributed by atoms with E-state index in [1.807, 2.05) is 25.1 Å². The molecule has 2 heterocycles. The first-order valence-corrected chi connectivity index (χ1v) is 10.7. The van der Waals surface area contributed by atoms with E-state index in [9.17, 15) is 4.79 Å². The molecular weight excluding hydrogens is 410 g/mol. The lowest BCUT2D eigenvalue weighted by atomic mass is 10.2. The predicted octanol–water partition coefficient (Wildman–Crippen LogP) is 5.00. The number of ether oxygens (including phenoxy) is 1. The van der Waals surface area contributed by atoms with Crippen molar-refractivity contribution >= 4 is 34.5 Å². The smallest absolute Gasteiger partial charge is 0.279 e. The molecule has 29 heavy (non-hydrogen) atoms. The van der Waals surface area contributed by atoms with E-state index in [2.05, 4.69) is 25.8 Å². The van der Waals surface area contributed by atoms with Crippen molar-refractivity contribution in [2.75, 3.05) is 11.9 Å². The zero-order chi connectivity index (χ0) is 20.4. The Morgan fingerprint density at radius 1 is 1.41 bits per heavy atom. The molecule has 0 aliphatic heterocycles. The summed E-state index contributed by atoms with van der Waals surface area (Å²) in [5.41, 5.74) is 2.50. The summed E-state index contributed by atoms with van der Waals surface area (Å²) in [5, 5.41) is 14.6. The minimum atomic E-state index is -0.147. The molecule has 2 aromatic heterocycles. The van der Waals surface area contributed by atoms with Crippen molar-refractivity contribution < 1.29 is 9.53 Å². The van der Waals surface area contributed by atoms with Gasteiger partial charge < -0.3 is 15.4 Å². The fourth-order valence-electron chi connectivity index (χ4n) is 2.87. The summed E-state index contributed by atoms with van der Waals surface area (Å²) in [7, 11) is 0. The number of nitrogens with one attached hydrogen (secondary N) is 3. The fourth-order valence-corrected chi connectivity index (χ4v) is 3.85. The van der Waals surface area contributed by atoms with Crippen LogP contribution in [0.1, 0.15) is 38.4 Å². The average Bonchev–Trinajstić information content (AvgIpc) is 3.16. The maximum atomic E-state index is 11.2. The standard InChI is InChI=1S/C20H22ClN5O2S/c1-11(24-12(2)27)17-8-18(26-25-17)19-10-23-20(29-19)28-14-5-6-16(15(21)7-14)22-9-13-3-4-13/h5-8,10-11,13,22H,3-4,9H2,1-2H3,(H,24,27)(H,25,26). The molecule has 1 saturated carbocycles. The van der Waals surface area contributed by atoms with Gasteiger partial charge in [0.25, 0.3) is 5.19 Å². The van der Waals surface area contributed by atoms with E-state index in [0.717, 1.165) is 34.4 Å². The van der Waals surface area contributed by atoms with Crippen LogP contribution in [0.15, 0.2) is 30.5 Å². The van der Waals surface area contributed by atoms with Gasteiger partial charge in [-0.05, 0) is 43.9 Å². The van der Waals surface area contributed by atoms with Gasteiger partial charge in [0.15, 0.2) is 0 Å². The molecule has 0 saturated heterocycles. The van der Waals surface area contributed by atoms with Gasteiger partial charge in [0.2, 0.25) is 5.91 Å². The van der Waals surface area contributed by atoms with Gasteiger partial charge in [-0.3, -0.25) is 9.89 Å². The minimum absolute atomic E-state index is 0.0884. The third-order valence-electron chi connectivity index (χ3n) is 4.64. The van der Waals surface area contributed by atoms with E-state index in [4.69, 9.17) is 16.3 Å². The fraction of sp³-hybridized carbons (Fsp3) is 0.350. The second-order valence-electron chi connectivity index (χ2n) is 7.19. The van der Waals surface area contributed by atoms with Crippen LogP contribution in [0.3, 0.4) is 0 Å². The SMILES string of the molecule is CC(=O)NC(C)c1cc(-c2cnc(Oc3ccc(NCC4CC4)c(Cl)c3)s2)n[nH]1. The van der Waals surface area contributed by atoms with Gasteiger partial charge in [0, 0.05) is 19.5 Å². The number of benzene rings is 1. The molecule has 1 fully saturated rings. The second kappa shape index (κ2) is 8.42. The van der Waals surface area contributed by atoms with Crippen LogP contribution in [0.2, 0.25) is 5.02 Å². The van der Waals surface area contributed by atoms with Crippen molar-refractivity contribution in [1.82, 2.24) is 20.5 Å². The summed E-state index contributed by atoms with van der Waals surface area (Å²) < 4.78 is 5.86. The van der Waals surface area contributed by atoms with Crippen molar-refractivity contribution in [1.29, 1.82) is 0 Å². The highest BCUT2D eigenvalue weighted by Crippen LogP contribution is 2.35. The van der Waals surface area contributed by atoms with Crippen molar-refractivity contribution in [3.8, 4) is 21.5 Å². The van der Waals surface area contributed by atoms with Gasteiger partial charge >= 0.3 is 0 Å². The van der Waals surface area contributed by atoms with Gasteiger partial charge in [0.05, 0.1) is 33.5 Å². The summed E-state index contributed by atoms with van der Waals surface area (Å²) in [4.78, 5) is 16.4. The molecular formula is C20H22ClN5O2S. The molecule has 9 heteroatoms. The second-order valence-corrected chi connectivity index (χ2v) is 8.59. The largest absolute Gasteiger partial charge is 0.431 e. The molecule has 0 bridgehead atoms. The van der Waals surface area contributed by atoms with Crippen LogP contribution in [0.25, 0.3) is 10.6 Å². The molecule has 152 valence electrons. The number of halogens is 1. The number of carbonyl (C=O) groups is 1. The quantitative estimate of drug-likeness (QED) is 0.467. The predicted molar refractivity (Wildman–Crippen MR) is 115 cm³/mol. The summed E-state index contributed by atoms with van der Waals surface area (Å²) >= 11 is 7.76. The summed E-state index contributed by atoms with van der Waals surface area (Å²) in [5.74, 6) is 1.32. The molecule has 7 nitrogen and oxygen atoms in total. The molecule has 0 radical (unpaired) electrons. The van der Waals surface area contributed by atoms with Gasteiger partial charge in [-0.25, -0.2) is 4.98 Å². The number of amides is 1. The number of hydrogen-bond acceptors (Lipinski definition) is 6. The number of thiazole rings is 1. The van der Waals surface area contributed by atoms with Crippen LogP contribution in [0.5, 0.6) is 10.9 Å². The Labute approximate surface area is 177 Å². The number of nitrogens with zero attached hydrogens (tertiary/aromatic N) is 2. The van der Waals surface area contributed by atoms with Crippen LogP contribution in [0.4, 0.5) is 5.69 Å². The van der Waals surface area contributed by atoms with Crippen LogP contribution in [-0.2, 0) is 4.79 Å². The number of H-pyrrole nitrogens is 1. The van der Waals surface area contributed by atoms with Crippen LogP contribution in [-0.4, -0.2) is 27.6 Å². The highest BCUT2D eigenvalue weighted by molar-refractivity contribution is 7.16. The Kier molecular flexibility index (Phi) is 5.73. The molecule has 4 rings (SSSR count). The summed E-state index contributed by atoms with van der Waals surface area (Å²) in [6.07, 6.45) is 4.31. The lowest BCUT2D eigenvalue weighted by Crippen LogP contribution is -2.23. The normalized spacial score (nSPS) is 14.4. The third kappa shape index (κ3) is 5.07. The van der Waals surface area contributed by atoms with Crippen LogP contribution < -0.4 is 15.4 Å². The molecule has 1 aliphatic carbocycles. The van der Waals surface area contributed by atoms with E-state index in [-0.39, 0.29) is 11.9 Å². The molecule has 1 atom stereocenters. The topological polar surface area (TPSA) is 91.9 Å². The molecule has 3 N–H and O–H groups in total. The number of aromatic nitrogens is 3. The zero-order valence-electron chi connectivity index (χ0n) is 16.2. The van der Waals surface area contributed by atoms with Gasteiger partial charge in [-0.2, -0.15) is 5.10 Å². The monoisotopic (exact) mass is 431 g/mol. The Morgan fingerprint density at radius 3 is 2.97 bits per heavy atom. The number of aromatic amines is 1. The summed E-state index contributed by atoms with van der Waals surface area (Å²) in [6.45, 7) is 4.34. The van der Waals surface area contributed by atoms with E-state index in [1.165, 1.54) is 31.1 Å². The van der Waals surface area contributed by atoms with Crippen molar-refractivity contribution in [2.45, 2.75) is 32.7 Å². The Balaban J connectivity index is 1.41. The lowest BCUT2D eigenvalue weighted by Gasteiger charge is -2.09.